The van der Waals surface area contributed by atoms with Crippen molar-refractivity contribution in [3.05, 3.63) is 0 Å². The van der Waals surface area contributed by atoms with Gasteiger partial charge in [-0.2, -0.15) is 0 Å². The van der Waals surface area contributed by atoms with Crippen LogP contribution in [0.3, 0.4) is 0 Å². The van der Waals surface area contributed by atoms with Crippen LogP contribution >= 0.6 is 0 Å². The van der Waals surface area contributed by atoms with Crippen LogP contribution in [0.2, 0.25) is 0 Å². The molecule has 0 aromatic heterocycles. The van der Waals surface area contributed by atoms with Gasteiger partial charge in [-0.15, -0.1) is 0 Å². The van der Waals surface area contributed by atoms with Crippen LogP contribution in [-0.2, 0) is 9.47 Å². The zero-order valence-electron chi connectivity index (χ0n) is 11.6. The zero-order valence-corrected chi connectivity index (χ0v) is 11.6. The molecule has 0 aromatic carbocycles. The van der Waals surface area contributed by atoms with Gasteiger partial charge in [0.25, 0.3) is 0 Å². The molecule has 2 rings (SSSR count). The summed E-state index contributed by atoms with van der Waals surface area (Å²) in [5, 5.41) is 0. The Morgan fingerprint density at radius 2 is 1.83 bits per heavy atom. The minimum absolute atomic E-state index is 0.468. The first-order valence-electron chi connectivity index (χ1n) is 7.50. The highest BCUT2D eigenvalue weighted by atomic mass is 16.5. The van der Waals surface area contributed by atoms with Crippen molar-refractivity contribution in [1.82, 2.24) is 4.90 Å². The Balaban J connectivity index is 1.57. The van der Waals surface area contributed by atoms with Gasteiger partial charge in [0, 0.05) is 32.3 Å². The van der Waals surface area contributed by atoms with E-state index in [1.54, 1.807) is 0 Å². The molecule has 2 fully saturated rings. The largest absolute Gasteiger partial charge is 0.378 e. The summed E-state index contributed by atoms with van der Waals surface area (Å²) in [6, 6.07) is 0.770. The third-order valence-electron chi connectivity index (χ3n) is 4.17. The number of nitrogens with zero attached hydrogens (tertiary/aromatic N) is 1. The number of rotatable bonds is 7. The molecule has 1 aliphatic carbocycles. The summed E-state index contributed by atoms with van der Waals surface area (Å²) in [5.41, 5.74) is 5.47. The summed E-state index contributed by atoms with van der Waals surface area (Å²) in [4.78, 5) is 2.62. The van der Waals surface area contributed by atoms with Gasteiger partial charge in [-0.3, -0.25) is 4.90 Å². The highest BCUT2D eigenvalue weighted by Crippen LogP contribution is 2.30. The molecule has 0 spiro atoms. The highest BCUT2D eigenvalue weighted by Gasteiger charge is 2.35. The molecule has 1 saturated carbocycles. The molecule has 106 valence electrons. The number of piperidine rings is 1. The molecule has 1 saturated heterocycles. The molecule has 0 unspecified atom stereocenters. The quantitative estimate of drug-likeness (QED) is 0.699. The lowest BCUT2D eigenvalue weighted by Gasteiger charge is -2.45. The molecule has 18 heavy (non-hydrogen) atoms. The monoisotopic (exact) mass is 256 g/mol. The molecule has 2 aliphatic rings. The van der Waals surface area contributed by atoms with Crippen molar-refractivity contribution < 1.29 is 9.47 Å². The van der Waals surface area contributed by atoms with E-state index in [0.29, 0.717) is 12.2 Å². The van der Waals surface area contributed by atoms with Crippen LogP contribution in [0.4, 0.5) is 0 Å². The number of nitrogens with two attached hydrogens (primary N) is 1. The standard InChI is InChI=1S/C14H28N2O2/c1-2-17-14-10-12(11-14)16-7-4-13(5-8-16)18-9-3-6-15/h12-14H,2-11,15H2,1H3. The molecule has 4 heteroatoms. The van der Waals surface area contributed by atoms with E-state index in [-0.39, 0.29) is 0 Å². The van der Waals surface area contributed by atoms with Crippen LogP contribution in [0.15, 0.2) is 0 Å². The van der Waals surface area contributed by atoms with Crippen LogP contribution in [0.5, 0.6) is 0 Å². The van der Waals surface area contributed by atoms with Crippen molar-refractivity contribution >= 4 is 0 Å². The van der Waals surface area contributed by atoms with E-state index >= 15 is 0 Å². The van der Waals surface area contributed by atoms with Crippen molar-refractivity contribution in [2.24, 2.45) is 5.73 Å². The second-order valence-electron chi connectivity index (χ2n) is 5.45. The normalized spacial score (nSPS) is 30.3. The lowest BCUT2D eigenvalue weighted by molar-refractivity contribution is -0.0668. The predicted molar refractivity (Wildman–Crippen MR) is 72.7 cm³/mol. The van der Waals surface area contributed by atoms with E-state index in [0.717, 1.165) is 32.2 Å². The smallest absolute Gasteiger partial charge is 0.0604 e. The van der Waals surface area contributed by atoms with Crippen LogP contribution < -0.4 is 5.73 Å². The maximum Gasteiger partial charge on any atom is 0.0604 e. The second-order valence-corrected chi connectivity index (χ2v) is 5.45. The molecular weight excluding hydrogens is 228 g/mol. The lowest BCUT2D eigenvalue weighted by atomic mass is 9.86. The molecule has 0 aromatic rings. The lowest BCUT2D eigenvalue weighted by Crippen LogP contribution is -2.51. The molecular formula is C14H28N2O2. The van der Waals surface area contributed by atoms with Crippen LogP contribution in [0.1, 0.15) is 39.0 Å². The van der Waals surface area contributed by atoms with Gasteiger partial charge in [0.2, 0.25) is 0 Å². The molecule has 2 N–H and O–H groups in total. The summed E-state index contributed by atoms with van der Waals surface area (Å²) in [7, 11) is 0. The first-order chi connectivity index (χ1) is 8.83. The van der Waals surface area contributed by atoms with Gasteiger partial charge in [-0.25, -0.2) is 0 Å². The molecule has 0 atom stereocenters. The predicted octanol–water partition coefficient (Wildman–Crippen LogP) is 1.38. The van der Waals surface area contributed by atoms with Crippen molar-refractivity contribution in [1.29, 1.82) is 0 Å². The maximum absolute atomic E-state index is 5.83. The van der Waals surface area contributed by atoms with Gasteiger partial charge < -0.3 is 15.2 Å². The molecule has 4 nitrogen and oxygen atoms in total. The SMILES string of the molecule is CCOC1CC(N2CCC(OCCCN)CC2)C1. The average molecular weight is 256 g/mol. The fourth-order valence-corrected chi connectivity index (χ4v) is 2.95. The minimum atomic E-state index is 0.468. The van der Waals surface area contributed by atoms with Crippen LogP contribution in [0.25, 0.3) is 0 Å². The van der Waals surface area contributed by atoms with E-state index in [4.69, 9.17) is 15.2 Å². The van der Waals surface area contributed by atoms with Gasteiger partial charge in [0.15, 0.2) is 0 Å². The number of likely N-dealkylation sites (tertiary alicyclic amines) is 1. The Hall–Kier alpha value is -0.160. The molecule has 0 amide bonds. The van der Waals surface area contributed by atoms with Gasteiger partial charge in [0.05, 0.1) is 12.2 Å². The van der Waals surface area contributed by atoms with E-state index < -0.39 is 0 Å². The number of hydrogen-bond acceptors (Lipinski definition) is 4. The summed E-state index contributed by atoms with van der Waals surface area (Å²) in [6.07, 6.45) is 6.80. The maximum atomic E-state index is 5.83. The Morgan fingerprint density at radius 1 is 1.11 bits per heavy atom. The van der Waals surface area contributed by atoms with E-state index in [2.05, 4.69) is 11.8 Å². The Labute approximate surface area is 111 Å². The molecule has 0 radical (unpaired) electrons. The first kappa shape index (κ1) is 14.3. The molecule has 1 aliphatic heterocycles. The van der Waals surface area contributed by atoms with Crippen molar-refractivity contribution in [3.63, 3.8) is 0 Å². The first-order valence-corrected chi connectivity index (χ1v) is 7.50. The second kappa shape index (κ2) is 7.43. The Morgan fingerprint density at radius 3 is 2.44 bits per heavy atom. The van der Waals surface area contributed by atoms with Crippen LogP contribution in [0, 0.1) is 0 Å². The van der Waals surface area contributed by atoms with Gasteiger partial charge in [0.1, 0.15) is 0 Å². The summed E-state index contributed by atoms with van der Waals surface area (Å²) in [5.74, 6) is 0. The topological polar surface area (TPSA) is 47.7 Å². The minimum Gasteiger partial charge on any atom is -0.378 e. The van der Waals surface area contributed by atoms with E-state index in [9.17, 15) is 0 Å². The summed E-state index contributed by atoms with van der Waals surface area (Å²) in [6.45, 7) is 6.89. The van der Waals surface area contributed by atoms with Gasteiger partial charge >= 0.3 is 0 Å². The number of hydrogen-bond donors (Lipinski definition) is 1. The Kier molecular flexibility index (Phi) is 5.89. The third-order valence-corrected chi connectivity index (χ3v) is 4.17. The number of ether oxygens (including phenoxy) is 2. The summed E-state index contributed by atoms with van der Waals surface area (Å²) >= 11 is 0. The fraction of sp³-hybridized carbons (Fsp3) is 1.00. The van der Waals surface area contributed by atoms with Crippen molar-refractivity contribution in [2.45, 2.75) is 57.3 Å². The highest BCUT2D eigenvalue weighted by molar-refractivity contribution is 4.90. The van der Waals surface area contributed by atoms with Crippen LogP contribution in [-0.4, -0.2) is 56.0 Å². The van der Waals surface area contributed by atoms with Crippen molar-refractivity contribution in [3.8, 4) is 0 Å². The fourth-order valence-electron chi connectivity index (χ4n) is 2.95. The average Bonchev–Trinajstić information content (AvgIpc) is 2.35. The Bertz CT molecular complexity index is 224. The van der Waals surface area contributed by atoms with Crippen molar-refractivity contribution in [2.75, 3.05) is 32.8 Å². The third kappa shape index (κ3) is 3.92. The molecule has 0 bridgehead atoms. The van der Waals surface area contributed by atoms with Gasteiger partial charge in [-0.1, -0.05) is 0 Å². The van der Waals surface area contributed by atoms with Gasteiger partial charge in [-0.05, 0) is 45.6 Å². The van der Waals surface area contributed by atoms with E-state index in [1.165, 1.54) is 38.8 Å². The summed E-state index contributed by atoms with van der Waals surface area (Å²) < 4.78 is 11.5. The van der Waals surface area contributed by atoms with E-state index in [1.807, 2.05) is 0 Å². The zero-order chi connectivity index (χ0) is 12.8. The molecule has 1 heterocycles.